The number of aromatic nitrogens is 3. The van der Waals surface area contributed by atoms with Gasteiger partial charge in [-0.15, -0.1) is 11.3 Å². The third kappa shape index (κ3) is 3.99. The Labute approximate surface area is 168 Å². The summed E-state index contributed by atoms with van der Waals surface area (Å²) in [5.41, 5.74) is 16.1. The number of nitrogen functional groups attached to an aromatic ring is 1. The van der Waals surface area contributed by atoms with Crippen LogP contribution in [-0.2, 0) is 11.2 Å². The average molecular weight is 397 g/mol. The molecule has 8 heteroatoms. The van der Waals surface area contributed by atoms with Gasteiger partial charge in [0.05, 0.1) is 29.3 Å². The van der Waals surface area contributed by atoms with Crippen molar-refractivity contribution in [3.05, 3.63) is 42.5 Å². The lowest BCUT2D eigenvalue weighted by Gasteiger charge is -2.30. The number of rotatable bonds is 6. The Morgan fingerprint density at radius 1 is 1.14 bits per heavy atom. The molecule has 1 aliphatic heterocycles. The predicted octanol–water partition coefficient (Wildman–Crippen LogP) is 2.58. The number of anilines is 2. The molecule has 0 aliphatic carbocycles. The number of nitrogens with two attached hydrogens (primary N) is 2. The van der Waals surface area contributed by atoms with Crippen LogP contribution in [-0.4, -0.2) is 47.8 Å². The first-order valence-corrected chi connectivity index (χ1v) is 10.3. The molecule has 28 heavy (non-hydrogen) atoms. The number of thiazole rings is 1. The van der Waals surface area contributed by atoms with E-state index in [9.17, 15) is 0 Å². The van der Waals surface area contributed by atoms with Crippen molar-refractivity contribution in [2.75, 3.05) is 43.5 Å². The minimum atomic E-state index is 0.500. The maximum Gasteiger partial charge on any atom is 0.135 e. The second-order valence-electron chi connectivity index (χ2n) is 6.69. The first kappa shape index (κ1) is 18.8. The molecule has 146 valence electrons. The van der Waals surface area contributed by atoms with Crippen LogP contribution in [0.2, 0.25) is 0 Å². The van der Waals surface area contributed by atoms with Crippen molar-refractivity contribution in [3.8, 4) is 21.0 Å². The van der Waals surface area contributed by atoms with E-state index in [4.69, 9.17) is 16.2 Å². The molecule has 0 bridgehead atoms. The molecule has 3 aromatic heterocycles. The summed E-state index contributed by atoms with van der Waals surface area (Å²) in [5, 5.41) is 0.870. The van der Waals surface area contributed by atoms with Crippen LogP contribution in [0.3, 0.4) is 0 Å². The van der Waals surface area contributed by atoms with Gasteiger partial charge in [-0.3, -0.25) is 4.98 Å². The molecular weight excluding hydrogens is 372 g/mol. The van der Waals surface area contributed by atoms with Gasteiger partial charge in [-0.2, -0.15) is 0 Å². The highest BCUT2D eigenvalue weighted by atomic mass is 32.1. The summed E-state index contributed by atoms with van der Waals surface area (Å²) < 4.78 is 5.48. The van der Waals surface area contributed by atoms with Crippen LogP contribution in [0, 0.1) is 0 Å². The zero-order valence-corrected chi connectivity index (χ0v) is 16.5. The Hall–Kier alpha value is -2.55. The first-order chi connectivity index (χ1) is 13.8. The lowest BCUT2D eigenvalue weighted by atomic mass is 10.1. The molecule has 0 radical (unpaired) electrons. The van der Waals surface area contributed by atoms with Crippen molar-refractivity contribution in [3.63, 3.8) is 0 Å². The Bertz CT molecular complexity index is 938. The molecule has 0 atom stereocenters. The number of aryl methyl sites for hydroxylation is 1. The molecule has 7 nitrogen and oxygen atoms in total. The fourth-order valence-corrected chi connectivity index (χ4v) is 4.30. The van der Waals surface area contributed by atoms with E-state index >= 15 is 0 Å². The third-order valence-corrected chi connectivity index (χ3v) is 5.84. The molecule has 0 saturated carbocycles. The molecule has 0 unspecified atom stereocenters. The fourth-order valence-electron chi connectivity index (χ4n) is 3.34. The predicted molar refractivity (Wildman–Crippen MR) is 113 cm³/mol. The van der Waals surface area contributed by atoms with E-state index in [1.165, 1.54) is 5.56 Å². The van der Waals surface area contributed by atoms with Gasteiger partial charge in [0.25, 0.3) is 0 Å². The van der Waals surface area contributed by atoms with Crippen LogP contribution in [0.5, 0.6) is 0 Å². The summed E-state index contributed by atoms with van der Waals surface area (Å²) in [6, 6.07) is 4.17. The first-order valence-electron chi connectivity index (χ1n) is 9.44. The number of ether oxygens (including phenoxy) is 1. The van der Waals surface area contributed by atoms with Crippen LogP contribution in [0.4, 0.5) is 11.5 Å². The average Bonchev–Trinajstić information content (AvgIpc) is 3.23. The lowest BCUT2D eigenvalue weighted by Crippen LogP contribution is -2.36. The van der Waals surface area contributed by atoms with Crippen LogP contribution < -0.4 is 16.4 Å². The highest BCUT2D eigenvalue weighted by Crippen LogP contribution is 2.39. The van der Waals surface area contributed by atoms with E-state index in [1.54, 1.807) is 17.5 Å². The fraction of sp³-hybridized carbons (Fsp3) is 0.350. The number of pyridine rings is 2. The molecular formula is C20H24N6OS. The molecule has 3 aromatic rings. The van der Waals surface area contributed by atoms with Crippen molar-refractivity contribution in [1.82, 2.24) is 15.0 Å². The van der Waals surface area contributed by atoms with Crippen LogP contribution >= 0.6 is 11.3 Å². The molecule has 1 fully saturated rings. The normalized spacial score (nSPS) is 14.4. The summed E-state index contributed by atoms with van der Waals surface area (Å²) in [5.74, 6) is 0.500. The van der Waals surface area contributed by atoms with E-state index in [1.807, 2.05) is 24.7 Å². The summed E-state index contributed by atoms with van der Waals surface area (Å²) in [6.45, 7) is 3.78. The summed E-state index contributed by atoms with van der Waals surface area (Å²) in [7, 11) is 0. The van der Waals surface area contributed by atoms with Crippen molar-refractivity contribution in [2.24, 2.45) is 5.73 Å². The number of hydrogen-bond donors (Lipinski definition) is 2. The van der Waals surface area contributed by atoms with Crippen molar-refractivity contribution in [1.29, 1.82) is 0 Å². The van der Waals surface area contributed by atoms with Gasteiger partial charge in [0.2, 0.25) is 0 Å². The van der Waals surface area contributed by atoms with Gasteiger partial charge in [-0.25, -0.2) is 9.97 Å². The van der Waals surface area contributed by atoms with Gasteiger partial charge in [0, 0.05) is 43.4 Å². The number of nitrogens with zero attached hydrogens (tertiary/aromatic N) is 4. The van der Waals surface area contributed by atoms with Gasteiger partial charge >= 0.3 is 0 Å². The van der Waals surface area contributed by atoms with Crippen molar-refractivity contribution in [2.45, 2.75) is 12.8 Å². The Morgan fingerprint density at radius 2 is 2.00 bits per heavy atom. The standard InChI is InChI=1S/C20H24N6OS/c21-4-1-2-14-10-15(12-23-11-14)17-13-25-20(28-17)18-16(3-5-24-19(18)22)26-6-8-27-9-7-26/h3,5,10-13H,1-2,4,6-9,21H2,(H2,22,24). The second kappa shape index (κ2) is 8.64. The Morgan fingerprint density at radius 3 is 2.82 bits per heavy atom. The van der Waals surface area contributed by atoms with Crippen LogP contribution in [0.1, 0.15) is 12.0 Å². The third-order valence-electron chi connectivity index (χ3n) is 4.78. The Balaban J connectivity index is 1.66. The maximum absolute atomic E-state index is 6.26. The largest absolute Gasteiger partial charge is 0.383 e. The van der Waals surface area contributed by atoms with E-state index in [-0.39, 0.29) is 0 Å². The van der Waals surface area contributed by atoms with E-state index in [2.05, 4.69) is 25.9 Å². The number of hydrogen-bond acceptors (Lipinski definition) is 8. The van der Waals surface area contributed by atoms with Crippen molar-refractivity contribution >= 4 is 22.8 Å². The molecule has 4 heterocycles. The second-order valence-corrected chi connectivity index (χ2v) is 7.72. The quantitative estimate of drug-likeness (QED) is 0.660. The smallest absolute Gasteiger partial charge is 0.135 e. The maximum atomic E-state index is 6.26. The molecule has 0 spiro atoms. The molecule has 4 N–H and O–H groups in total. The molecule has 1 aliphatic rings. The van der Waals surface area contributed by atoms with Gasteiger partial charge in [0.1, 0.15) is 10.8 Å². The summed E-state index contributed by atoms with van der Waals surface area (Å²) in [6.07, 6.45) is 9.30. The van der Waals surface area contributed by atoms with E-state index in [0.717, 1.165) is 52.6 Å². The molecule has 4 rings (SSSR count). The summed E-state index contributed by atoms with van der Waals surface area (Å²) in [4.78, 5) is 16.7. The van der Waals surface area contributed by atoms with E-state index in [0.29, 0.717) is 25.6 Å². The summed E-state index contributed by atoms with van der Waals surface area (Å²) >= 11 is 1.61. The van der Waals surface area contributed by atoms with Gasteiger partial charge in [-0.1, -0.05) is 0 Å². The zero-order valence-electron chi connectivity index (χ0n) is 15.7. The minimum Gasteiger partial charge on any atom is -0.383 e. The van der Waals surface area contributed by atoms with Crippen LogP contribution in [0.25, 0.3) is 21.0 Å². The molecule has 0 amide bonds. The van der Waals surface area contributed by atoms with Gasteiger partial charge in [-0.05, 0) is 37.1 Å². The highest BCUT2D eigenvalue weighted by molar-refractivity contribution is 7.18. The topological polar surface area (TPSA) is 103 Å². The Kier molecular flexibility index (Phi) is 5.80. The zero-order chi connectivity index (χ0) is 19.3. The lowest BCUT2D eigenvalue weighted by molar-refractivity contribution is 0.123. The molecule has 1 saturated heterocycles. The number of morpholine rings is 1. The monoisotopic (exact) mass is 396 g/mol. The van der Waals surface area contributed by atoms with Gasteiger partial charge < -0.3 is 21.1 Å². The SMILES string of the molecule is NCCCc1cncc(-c2cnc(-c3c(N4CCOCC4)ccnc3N)s2)c1. The van der Waals surface area contributed by atoms with Crippen LogP contribution in [0.15, 0.2) is 36.9 Å². The van der Waals surface area contributed by atoms with E-state index < -0.39 is 0 Å². The minimum absolute atomic E-state index is 0.500. The van der Waals surface area contributed by atoms with Crippen molar-refractivity contribution < 1.29 is 4.74 Å². The van der Waals surface area contributed by atoms with Gasteiger partial charge in [0.15, 0.2) is 0 Å². The highest BCUT2D eigenvalue weighted by Gasteiger charge is 2.20. The molecule has 0 aromatic carbocycles.